The molecule has 7 rings (SSSR count). The molecule has 0 bridgehead atoms. The summed E-state index contributed by atoms with van der Waals surface area (Å²) in [7, 11) is 0. The summed E-state index contributed by atoms with van der Waals surface area (Å²) in [6.45, 7) is 6.84. The van der Waals surface area contributed by atoms with Crippen LogP contribution in [-0.2, 0) is 5.54 Å². The smallest absolute Gasteiger partial charge is 0.0616 e. The average molecular weight is 519 g/mol. The van der Waals surface area contributed by atoms with Crippen molar-refractivity contribution >= 4 is 27.9 Å². The number of rotatable bonds is 5. The summed E-state index contributed by atoms with van der Waals surface area (Å²) in [5.41, 5.74) is 11.4. The third-order valence-electron chi connectivity index (χ3n) is 8.41. The molecule has 0 saturated carbocycles. The summed E-state index contributed by atoms with van der Waals surface area (Å²) in [6, 6.07) is 39.2. The van der Waals surface area contributed by atoms with Crippen molar-refractivity contribution in [1.29, 1.82) is 0 Å². The van der Waals surface area contributed by atoms with Gasteiger partial charge in [-0.15, -0.1) is 0 Å². The lowest BCUT2D eigenvalue weighted by atomic mass is 9.87. The van der Waals surface area contributed by atoms with E-state index in [4.69, 9.17) is 0 Å². The molecule has 40 heavy (non-hydrogen) atoms. The summed E-state index contributed by atoms with van der Waals surface area (Å²) < 4.78 is 2.62. The molecule has 6 aromatic rings. The third kappa shape index (κ3) is 3.95. The van der Waals surface area contributed by atoms with Crippen LogP contribution in [-0.4, -0.2) is 9.55 Å². The fraction of sp³-hybridized carbons (Fsp3) is 0.158. The van der Waals surface area contributed by atoms with Gasteiger partial charge in [0.15, 0.2) is 0 Å². The maximum atomic E-state index is 3.73. The number of allylic oxidation sites excluding steroid dienone is 3. The van der Waals surface area contributed by atoms with E-state index in [2.05, 4.69) is 158 Å². The van der Waals surface area contributed by atoms with Crippen molar-refractivity contribution < 1.29 is 0 Å². The highest BCUT2D eigenvalue weighted by atomic mass is 15.1. The first-order chi connectivity index (χ1) is 19.5. The number of nitrogens with zero attached hydrogens (tertiary/aromatic N) is 1. The fourth-order valence-electron chi connectivity index (χ4n) is 6.85. The molecule has 0 aliphatic carbocycles. The number of H-pyrrole nitrogens is 1. The van der Waals surface area contributed by atoms with Crippen LogP contribution in [0.15, 0.2) is 127 Å². The van der Waals surface area contributed by atoms with Crippen LogP contribution < -0.4 is 0 Å². The minimum atomic E-state index is -0.191. The summed E-state index contributed by atoms with van der Waals surface area (Å²) in [5, 5.41) is 2.58. The molecule has 1 aliphatic rings. The molecule has 0 spiro atoms. The first kappa shape index (κ1) is 24.5. The number of hydrogen-bond donors (Lipinski definition) is 1. The lowest BCUT2D eigenvalue weighted by molar-refractivity contribution is 0.440. The van der Waals surface area contributed by atoms with Gasteiger partial charge in [-0.1, -0.05) is 115 Å². The number of para-hydroxylation sites is 2. The Morgan fingerprint density at radius 2 is 1.35 bits per heavy atom. The Labute approximate surface area is 236 Å². The van der Waals surface area contributed by atoms with Gasteiger partial charge >= 0.3 is 0 Å². The van der Waals surface area contributed by atoms with Crippen molar-refractivity contribution in [1.82, 2.24) is 9.55 Å². The Bertz CT molecular complexity index is 1900. The van der Waals surface area contributed by atoms with Crippen LogP contribution in [0.5, 0.6) is 0 Å². The molecule has 3 heterocycles. The standard InChI is InChI=1S/C38H34N2/c1-26(2)24-29-25-38(3,40-34-21-13-11-19-31(34)36(37(29)40)28-16-8-5-9-17-28)23-22-33-35(27-14-6-4-7-15-27)30-18-10-12-20-32(30)39-33/h4-24,29,39H,25H2,1-3H3/b23-22+/t29-,38+/m0/s1. The number of benzene rings is 4. The molecule has 0 radical (unpaired) electrons. The first-order valence-electron chi connectivity index (χ1n) is 14.2. The Kier molecular flexibility index (Phi) is 5.86. The van der Waals surface area contributed by atoms with E-state index in [1.54, 1.807) is 0 Å². The Morgan fingerprint density at radius 1 is 0.750 bits per heavy atom. The number of hydrogen-bond acceptors (Lipinski definition) is 0. The molecule has 2 atom stereocenters. The number of nitrogens with one attached hydrogen (secondary N) is 1. The maximum Gasteiger partial charge on any atom is 0.0616 e. The van der Waals surface area contributed by atoms with E-state index in [9.17, 15) is 0 Å². The van der Waals surface area contributed by atoms with Gasteiger partial charge in [-0.25, -0.2) is 0 Å². The Hall–Kier alpha value is -4.56. The van der Waals surface area contributed by atoms with E-state index < -0.39 is 0 Å². The van der Waals surface area contributed by atoms with Gasteiger partial charge in [0.1, 0.15) is 0 Å². The van der Waals surface area contributed by atoms with Crippen molar-refractivity contribution in [3.05, 3.63) is 138 Å². The first-order valence-corrected chi connectivity index (χ1v) is 14.2. The van der Waals surface area contributed by atoms with Crippen LogP contribution >= 0.6 is 0 Å². The lowest BCUT2D eigenvalue weighted by Gasteiger charge is -2.25. The SMILES string of the molecule is CC(C)=C[C@H]1C[C@@](C)(/C=C/c2[nH]c3ccccc3c2-c2ccccc2)n2c1c(-c1ccccc1)c1ccccc12. The van der Waals surface area contributed by atoms with Crippen molar-refractivity contribution in [2.75, 3.05) is 0 Å². The number of aromatic nitrogens is 2. The monoisotopic (exact) mass is 518 g/mol. The van der Waals surface area contributed by atoms with Crippen molar-refractivity contribution in [3.8, 4) is 22.3 Å². The van der Waals surface area contributed by atoms with E-state index >= 15 is 0 Å². The largest absolute Gasteiger partial charge is 0.355 e. The summed E-state index contributed by atoms with van der Waals surface area (Å²) >= 11 is 0. The topological polar surface area (TPSA) is 20.7 Å². The third-order valence-corrected chi connectivity index (χ3v) is 8.41. The second-order valence-electron chi connectivity index (χ2n) is 11.5. The second-order valence-corrected chi connectivity index (χ2v) is 11.5. The predicted molar refractivity (Wildman–Crippen MR) is 171 cm³/mol. The zero-order valence-corrected chi connectivity index (χ0v) is 23.4. The van der Waals surface area contributed by atoms with E-state index in [1.807, 2.05) is 0 Å². The highest BCUT2D eigenvalue weighted by molar-refractivity contribution is 6.01. The molecule has 0 saturated heterocycles. The molecule has 1 aliphatic heterocycles. The highest BCUT2D eigenvalue weighted by Crippen LogP contribution is 2.52. The molecule has 0 amide bonds. The van der Waals surface area contributed by atoms with Gasteiger partial charge < -0.3 is 9.55 Å². The molecular formula is C38H34N2. The van der Waals surface area contributed by atoms with E-state index in [-0.39, 0.29) is 5.54 Å². The summed E-state index contributed by atoms with van der Waals surface area (Å²) in [6.07, 6.45) is 8.26. The van der Waals surface area contributed by atoms with Gasteiger partial charge in [0.25, 0.3) is 0 Å². The molecule has 196 valence electrons. The molecule has 4 aromatic carbocycles. The zero-order valence-electron chi connectivity index (χ0n) is 23.4. The molecule has 2 aromatic heterocycles. The van der Waals surface area contributed by atoms with Gasteiger partial charge in [0.05, 0.1) is 5.54 Å². The lowest BCUT2D eigenvalue weighted by Crippen LogP contribution is -2.23. The van der Waals surface area contributed by atoms with Gasteiger partial charge in [-0.05, 0) is 56.5 Å². The predicted octanol–water partition coefficient (Wildman–Crippen LogP) is 10.3. The number of aromatic amines is 1. The van der Waals surface area contributed by atoms with Gasteiger partial charge in [-0.3, -0.25) is 0 Å². The van der Waals surface area contributed by atoms with Crippen LogP contribution in [0.3, 0.4) is 0 Å². The van der Waals surface area contributed by atoms with E-state index in [0.29, 0.717) is 5.92 Å². The van der Waals surface area contributed by atoms with Gasteiger partial charge in [0.2, 0.25) is 0 Å². The molecule has 0 fully saturated rings. The van der Waals surface area contributed by atoms with Gasteiger partial charge in [-0.2, -0.15) is 0 Å². The van der Waals surface area contributed by atoms with Crippen LogP contribution in [0.1, 0.15) is 44.5 Å². The second kappa shape index (κ2) is 9.57. The summed E-state index contributed by atoms with van der Waals surface area (Å²) in [4.78, 5) is 3.73. The maximum absolute atomic E-state index is 3.73. The molecule has 0 unspecified atom stereocenters. The molecular weight excluding hydrogens is 484 g/mol. The average Bonchev–Trinajstić information content (AvgIpc) is 3.61. The Balaban J connectivity index is 1.45. The minimum absolute atomic E-state index is 0.191. The molecule has 1 N–H and O–H groups in total. The molecule has 2 nitrogen and oxygen atoms in total. The normalized spacial score (nSPS) is 18.5. The van der Waals surface area contributed by atoms with Crippen LogP contribution in [0, 0.1) is 0 Å². The minimum Gasteiger partial charge on any atom is -0.355 e. The van der Waals surface area contributed by atoms with Gasteiger partial charge in [0, 0.05) is 50.2 Å². The van der Waals surface area contributed by atoms with Crippen molar-refractivity contribution in [2.24, 2.45) is 0 Å². The highest BCUT2D eigenvalue weighted by Gasteiger charge is 2.41. The molecule has 2 heteroatoms. The van der Waals surface area contributed by atoms with Crippen molar-refractivity contribution in [3.63, 3.8) is 0 Å². The fourth-order valence-corrected chi connectivity index (χ4v) is 6.85. The van der Waals surface area contributed by atoms with Crippen LogP contribution in [0.25, 0.3) is 50.1 Å². The van der Waals surface area contributed by atoms with Crippen molar-refractivity contribution in [2.45, 2.75) is 38.6 Å². The van der Waals surface area contributed by atoms with Crippen LogP contribution in [0.4, 0.5) is 0 Å². The van der Waals surface area contributed by atoms with E-state index in [0.717, 1.165) is 12.1 Å². The van der Waals surface area contributed by atoms with E-state index in [1.165, 1.54) is 55.3 Å². The zero-order chi connectivity index (χ0) is 27.3. The number of fused-ring (bicyclic) bond motifs is 4. The van der Waals surface area contributed by atoms with Crippen LogP contribution in [0.2, 0.25) is 0 Å². The Morgan fingerprint density at radius 3 is 2.05 bits per heavy atom. The quantitative estimate of drug-likeness (QED) is 0.219. The summed E-state index contributed by atoms with van der Waals surface area (Å²) in [5.74, 6) is 0.332.